The number of nitrogens with zero attached hydrogens (tertiary/aromatic N) is 1. The van der Waals surface area contributed by atoms with Gasteiger partial charge in [0, 0.05) is 14.1 Å². The molecule has 2 fully saturated rings. The van der Waals surface area contributed by atoms with Crippen molar-refractivity contribution in [3.8, 4) is 5.75 Å². The minimum atomic E-state index is 0.448. The number of fused-ring (bicyclic) bond motifs is 5. The van der Waals surface area contributed by atoms with Gasteiger partial charge in [-0.25, -0.2) is 0 Å². The number of phenols is 1. The fourth-order valence-corrected chi connectivity index (χ4v) is 5.95. The van der Waals surface area contributed by atoms with Gasteiger partial charge < -0.3 is 10.0 Å². The molecule has 22 heavy (non-hydrogen) atoms. The van der Waals surface area contributed by atoms with Crippen LogP contribution in [0.25, 0.3) is 0 Å². The molecule has 0 spiro atoms. The highest BCUT2D eigenvalue weighted by atomic mass is 16.3. The van der Waals surface area contributed by atoms with Crippen LogP contribution in [0, 0.1) is 17.3 Å². The minimum Gasteiger partial charge on any atom is -0.506 e. The van der Waals surface area contributed by atoms with E-state index in [-0.39, 0.29) is 0 Å². The van der Waals surface area contributed by atoms with Crippen LogP contribution in [0.3, 0.4) is 0 Å². The maximum atomic E-state index is 10.3. The van der Waals surface area contributed by atoms with E-state index in [0.29, 0.717) is 11.2 Å². The number of rotatable bonds is 1. The summed E-state index contributed by atoms with van der Waals surface area (Å²) in [4.78, 5) is 2.04. The molecule has 3 aliphatic rings. The Morgan fingerprint density at radius 2 is 1.95 bits per heavy atom. The van der Waals surface area contributed by atoms with Gasteiger partial charge in [-0.1, -0.05) is 13.3 Å². The maximum Gasteiger partial charge on any atom is 0.139 e. The quantitative estimate of drug-likeness (QED) is 0.812. The Morgan fingerprint density at radius 3 is 2.73 bits per heavy atom. The van der Waals surface area contributed by atoms with E-state index in [9.17, 15) is 5.11 Å². The fraction of sp³-hybridized carbons (Fsp3) is 0.700. The molecule has 0 saturated heterocycles. The topological polar surface area (TPSA) is 23.5 Å². The van der Waals surface area contributed by atoms with Gasteiger partial charge in [-0.2, -0.15) is 0 Å². The van der Waals surface area contributed by atoms with Crippen LogP contribution in [0.4, 0.5) is 5.69 Å². The Morgan fingerprint density at radius 1 is 1.14 bits per heavy atom. The van der Waals surface area contributed by atoms with Crippen LogP contribution in [0.15, 0.2) is 12.1 Å². The van der Waals surface area contributed by atoms with E-state index in [1.54, 1.807) is 5.56 Å². The number of anilines is 1. The van der Waals surface area contributed by atoms with Crippen LogP contribution in [-0.2, 0) is 6.42 Å². The summed E-state index contributed by atoms with van der Waals surface area (Å²) in [6.45, 7) is 2.55. The molecule has 2 saturated carbocycles. The van der Waals surface area contributed by atoms with Crippen molar-refractivity contribution in [1.29, 1.82) is 0 Å². The van der Waals surface area contributed by atoms with Crippen molar-refractivity contribution in [3.63, 3.8) is 0 Å². The highest BCUT2D eigenvalue weighted by molar-refractivity contribution is 5.61. The number of aromatic hydroxyl groups is 1. The molecule has 0 unspecified atom stereocenters. The lowest BCUT2D eigenvalue weighted by Crippen LogP contribution is -2.39. The lowest BCUT2D eigenvalue weighted by Gasteiger charge is -2.49. The lowest BCUT2D eigenvalue weighted by atomic mass is 9.56. The third-order valence-corrected chi connectivity index (χ3v) is 7.08. The summed E-state index contributed by atoms with van der Waals surface area (Å²) in [5, 5.41) is 10.3. The van der Waals surface area contributed by atoms with Crippen LogP contribution in [0.1, 0.15) is 62.5 Å². The summed E-state index contributed by atoms with van der Waals surface area (Å²) < 4.78 is 0. The largest absolute Gasteiger partial charge is 0.506 e. The van der Waals surface area contributed by atoms with Crippen LogP contribution in [0.5, 0.6) is 5.75 Å². The number of phenolic OH excluding ortho intramolecular Hbond substituents is 1. The van der Waals surface area contributed by atoms with Crippen molar-refractivity contribution >= 4 is 5.69 Å². The number of aryl methyl sites for hydroxylation is 1. The summed E-state index contributed by atoms with van der Waals surface area (Å²) in [5.74, 6) is 3.01. The summed E-state index contributed by atoms with van der Waals surface area (Å²) >= 11 is 0. The Kier molecular flexibility index (Phi) is 3.22. The predicted molar refractivity (Wildman–Crippen MR) is 91.7 cm³/mol. The second kappa shape index (κ2) is 4.91. The number of hydrogen-bond acceptors (Lipinski definition) is 2. The second-order valence-electron chi connectivity index (χ2n) is 8.43. The van der Waals surface area contributed by atoms with E-state index in [1.807, 2.05) is 25.1 Å². The molecule has 4 atom stereocenters. The third-order valence-electron chi connectivity index (χ3n) is 7.08. The van der Waals surface area contributed by atoms with E-state index in [1.165, 1.54) is 44.1 Å². The highest BCUT2D eigenvalue weighted by Gasteiger charge is 2.50. The monoisotopic (exact) mass is 299 g/mol. The zero-order valence-corrected chi connectivity index (χ0v) is 14.2. The summed E-state index contributed by atoms with van der Waals surface area (Å²) in [5.41, 5.74) is 4.57. The van der Waals surface area contributed by atoms with Crippen LogP contribution >= 0.6 is 0 Å². The predicted octanol–water partition coefficient (Wildman–Crippen LogP) is 4.70. The fourth-order valence-electron chi connectivity index (χ4n) is 5.95. The minimum absolute atomic E-state index is 0.448. The molecule has 1 aromatic rings. The first-order valence-corrected chi connectivity index (χ1v) is 9.03. The molecule has 0 radical (unpaired) electrons. The SMILES string of the molecule is CN(C)c1cc2c(cc1O)CC[C@@H]1[C@@H]2CC[C@]2(C)CCC[C@@H]12. The smallest absolute Gasteiger partial charge is 0.139 e. The molecule has 3 aliphatic carbocycles. The van der Waals surface area contributed by atoms with Crippen molar-refractivity contribution in [2.75, 3.05) is 19.0 Å². The summed E-state index contributed by atoms with van der Waals surface area (Å²) in [6.07, 6.45) is 9.58. The van der Waals surface area contributed by atoms with Crippen LogP contribution < -0.4 is 4.90 Å². The number of hydrogen-bond donors (Lipinski definition) is 1. The molecule has 1 N–H and O–H groups in total. The van der Waals surface area contributed by atoms with Gasteiger partial charge in [0.05, 0.1) is 5.69 Å². The van der Waals surface area contributed by atoms with E-state index < -0.39 is 0 Å². The second-order valence-corrected chi connectivity index (χ2v) is 8.43. The van der Waals surface area contributed by atoms with Gasteiger partial charge in [0.2, 0.25) is 0 Å². The molecular formula is C20H29NO. The Labute approximate surface area is 134 Å². The lowest BCUT2D eigenvalue weighted by molar-refractivity contribution is 0.0598. The molecule has 2 nitrogen and oxygen atoms in total. The van der Waals surface area contributed by atoms with Gasteiger partial charge in [-0.3, -0.25) is 0 Å². The summed E-state index contributed by atoms with van der Waals surface area (Å²) in [7, 11) is 4.05. The highest BCUT2D eigenvalue weighted by Crippen LogP contribution is 2.61. The first kappa shape index (κ1) is 14.4. The molecule has 0 heterocycles. The summed E-state index contributed by atoms with van der Waals surface area (Å²) in [6, 6.07) is 4.34. The first-order valence-electron chi connectivity index (χ1n) is 9.03. The van der Waals surface area contributed by atoms with Gasteiger partial charge in [-0.05, 0) is 85.0 Å². The standard InChI is InChI=1S/C20H29NO/c1-20-9-4-5-17(20)15-7-6-13-11-19(22)18(21(2)3)12-16(13)14(15)8-10-20/h11-12,14-15,17,22H,4-10H2,1-3H3/t14-,15+,17-,20-/m0/s1. The van der Waals surface area contributed by atoms with Gasteiger partial charge in [0.15, 0.2) is 0 Å². The van der Waals surface area contributed by atoms with Crippen LogP contribution in [-0.4, -0.2) is 19.2 Å². The molecule has 4 rings (SSSR count). The molecule has 0 aliphatic heterocycles. The molecular weight excluding hydrogens is 270 g/mol. The van der Waals surface area contributed by atoms with Gasteiger partial charge >= 0.3 is 0 Å². The Bertz CT molecular complexity index is 594. The van der Waals surface area contributed by atoms with Crippen LogP contribution in [0.2, 0.25) is 0 Å². The van der Waals surface area contributed by atoms with Crippen molar-refractivity contribution in [2.45, 2.75) is 57.8 Å². The van der Waals surface area contributed by atoms with Gasteiger partial charge in [-0.15, -0.1) is 0 Å². The van der Waals surface area contributed by atoms with E-state index in [4.69, 9.17) is 0 Å². The Balaban J connectivity index is 1.74. The Hall–Kier alpha value is -1.18. The molecule has 0 bridgehead atoms. The van der Waals surface area contributed by atoms with Crippen molar-refractivity contribution in [3.05, 3.63) is 23.3 Å². The van der Waals surface area contributed by atoms with E-state index in [2.05, 4.69) is 13.0 Å². The molecule has 2 heteroatoms. The molecule has 0 amide bonds. The van der Waals surface area contributed by atoms with Gasteiger partial charge in [0.25, 0.3) is 0 Å². The maximum absolute atomic E-state index is 10.3. The zero-order valence-electron chi connectivity index (χ0n) is 14.2. The zero-order chi connectivity index (χ0) is 15.5. The normalized spacial score (nSPS) is 36.4. The van der Waals surface area contributed by atoms with Crippen molar-refractivity contribution in [1.82, 2.24) is 0 Å². The third kappa shape index (κ3) is 1.99. The van der Waals surface area contributed by atoms with E-state index in [0.717, 1.165) is 29.9 Å². The van der Waals surface area contributed by atoms with E-state index >= 15 is 0 Å². The number of benzene rings is 1. The first-order chi connectivity index (χ1) is 10.5. The molecule has 120 valence electrons. The van der Waals surface area contributed by atoms with Crippen molar-refractivity contribution in [2.24, 2.45) is 17.3 Å². The molecule has 0 aromatic heterocycles. The molecule has 1 aromatic carbocycles. The average Bonchev–Trinajstić information content (AvgIpc) is 2.87. The average molecular weight is 299 g/mol. The van der Waals surface area contributed by atoms with Gasteiger partial charge in [0.1, 0.15) is 5.75 Å². The van der Waals surface area contributed by atoms with Crippen molar-refractivity contribution < 1.29 is 5.11 Å².